The van der Waals surface area contributed by atoms with Crippen molar-refractivity contribution in [2.75, 3.05) is 0 Å². The number of hydrogen-bond acceptors (Lipinski definition) is 4. The van der Waals surface area contributed by atoms with Gasteiger partial charge in [-0.3, -0.25) is 16.0 Å². The average Bonchev–Trinajstić information content (AvgIpc) is 2.13. The molecule has 0 spiro atoms. The maximum atomic E-state index is 3.68. The molecule has 4 N–H and O–H groups in total. The zero-order valence-corrected chi connectivity index (χ0v) is 15.7. The second-order valence-corrected chi connectivity index (χ2v) is 7.02. The van der Waals surface area contributed by atoms with Crippen molar-refractivity contribution in [2.24, 2.45) is 0 Å². The summed E-state index contributed by atoms with van der Waals surface area (Å²) in [5, 5.41) is 11.1. The fraction of sp³-hybridized carbons (Fsp3) is 1.00. The van der Waals surface area contributed by atoms with Crippen LogP contribution in [0.3, 0.4) is 0 Å². The zero-order valence-electron chi connectivity index (χ0n) is 13.7. The topological polar surface area (TPSA) is 48.1 Å². The minimum Gasteiger partial charge on any atom is -0.337 e. The Kier molecular flexibility index (Phi) is 7.03. The Morgan fingerprint density at radius 1 is 0.722 bits per heavy atom. The van der Waals surface area contributed by atoms with Crippen molar-refractivity contribution in [3.63, 3.8) is 0 Å². The molecule has 0 aromatic carbocycles. The Morgan fingerprint density at radius 3 is 1.17 bits per heavy atom. The van der Waals surface area contributed by atoms with E-state index >= 15 is 0 Å². The molecular formula is C13H34N4Si. The van der Waals surface area contributed by atoms with E-state index in [-0.39, 0.29) is 11.3 Å². The minimum absolute atomic E-state index is 0.0714. The highest BCUT2D eigenvalue weighted by Crippen LogP contribution is 2.19. The van der Waals surface area contributed by atoms with Gasteiger partial charge in [-0.25, -0.2) is 0 Å². The van der Waals surface area contributed by atoms with E-state index < -0.39 is 0 Å². The summed E-state index contributed by atoms with van der Waals surface area (Å²) < 4.78 is 0. The van der Waals surface area contributed by atoms with Crippen molar-refractivity contribution in [3.05, 3.63) is 0 Å². The number of hydrogen-bond donors (Lipinski definition) is 4. The lowest BCUT2D eigenvalue weighted by Crippen LogP contribution is -2.82. The van der Waals surface area contributed by atoms with Gasteiger partial charge in [-0.1, -0.05) is 0 Å². The van der Waals surface area contributed by atoms with E-state index in [0.29, 0.717) is 18.1 Å². The molecule has 0 saturated heterocycles. The maximum Gasteiger partial charge on any atom is 0.141 e. The molecule has 0 aliphatic rings. The summed E-state index contributed by atoms with van der Waals surface area (Å²) in [6.45, 7) is 17.6. The van der Waals surface area contributed by atoms with Gasteiger partial charge in [0.05, 0.1) is 15.9 Å². The standard InChI is InChI=1S/C13H34N4Si/c1-9(2)14-13(15-10(3)4,16-11(5)6)12(7,8)17-18/h9-11,14-17H,1-8,18H3. The molecule has 18 heavy (non-hydrogen) atoms. The molecule has 4 nitrogen and oxygen atoms in total. The first kappa shape index (κ1) is 18.1. The molecule has 110 valence electrons. The highest BCUT2D eigenvalue weighted by atomic mass is 28.2. The van der Waals surface area contributed by atoms with Crippen LogP contribution in [0.25, 0.3) is 0 Å². The molecule has 5 heteroatoms. The van der Waals surface area contributed by atoms with Crippen LogP contribution in [0.4, 0.5) is 0 Å². The van der Waals surface area contributed by atoms with Gasteiger partial charge < -0.3 is 4.98 Å². The molecule has 0 fully saturated rings. The Bertz CT molecular complexity index is 213. The molecule has 0 bridgehead atoms. The van der Waals surface area contributed by atoms with Gasteiger partial charge in [-0.2, -0.15) is 0 Å². The molecule has 0 radical (unpaired) electrons. The SMILES string of the molecule is CC(C)NC(NC(C)C)(NC(C)C)C(C)(C)N[SiH3]. The van der Waals surface area contributed by atoms with Crippen LogP contribution in [0.1, 0.15) is 55.4 Å². The number of nitrogens with one attached hydrogen (secondary N) is 4. The lowest BCUT2D eigenvalue weighted by Gasteiger charge is -2.51. The van der Waals surface area contributed by atoms with E-state index in [1.807, 2.05) is 0 Å². The molecule has 0 unspecified atom stereocenters. The van der Waals surface area contributed by atoms with Gasteiger partial charge in [-0.15, -0.1) is 0 Å². The largest absolute Gasteiger partial charge is 0.337 e. The summed E-state index contributed by atoms with van der Waals surface area (Å²) in [4.78, 5) is 3.55. The first-order chi connectivity index (χ1) is 8.06. The summed E-state index contributed by atoms with van der Waals surface area (Å²) >= 11 is 0. The normalized spacial score (nSPS) is 14.2. The zero-order chi connectivity index (χ0) is 14.6. The third-order valence-electron chi connectivity index (χ3n) is 3.08. The van der Waals surface area contributed by atoms with Gasteiger partial charge in [0.2, 0.25) is 0 Å². The van der Waals surface area contributed by atoms with Crippen molar-refractivity contribution in [3.8, 4) is 0 Å². The molecule has 0 aromatic heterocycles. The summed E-state index contributed by atoms with van der Waals surface area (Å²) in [6, 6.07) is 1.20. The van der Waals surface area contributed by atoms with Gasteiger partial charge in [0.15, 0.2) is 0 Å². The van der Waals surface area contributed by atoms with Crippen LogP contribution in [0.2, 0.25) is 0 Å². The van der Waals surface area contributed by atoms with Crippen molar-refractivity contribution in [1.29, 1.82) is 0 Å². The first-order valence-corrected chi connectivity index (χ1v) is 8.08. The van der Waals surface area contributed by atoms with Gasteiger partial charge in [0.1, 0.15) is 5.79 Å². The predicted molar refractivity (Wildman–Crippen MR) is 84.7 cm³/mol. The van der Waals surface area contributed by atoms with E-state index in [1.165, 1.54) is 0 Å². The molecule has 0 aliphatic heterocycles. The summed E-state index contributed by atoms with van der Waals surface area (Å²) in [6.07, 6.45) is 0. The smallest absolute Gasteiger partial charge is 0.141 e. The molecule has 0 rings (SSSR count). The molecule has 0 atom stereocenters. The van der Waals surface area contributed by atoms with Crippen LogP contribution in [0.5, 0.6) is 0 Å². The fourth-order valence-electron chi connectivity index (χ4n) is 2.15. The van der Waals surface area contributed by atoms with Crippen molar-refractivity contribution in [2.45, 2.75) is 84.8 Å². The van der Waals surface area contributed by atoms with E-state index in [2.05, 4.69) is 76.3 Å². The van der Waals surface area contributed by atoms with Gasteiger partial charge in [0.25, 0.3) is 0 Å². The lowest BCUT2D eigenvalue weighted by molar-refractivity contribution is 0.0658. The van der Waals surface area contributed by atoms with E-state index in [9.17, 15) is 0 Å². The third-order valence-corrected chi connectivity index (χ3v) is 4.33. The number of rotatable bonds is 8. The first-order valence-electron chi connectivity index (χ1n) is 7.08. The average molecular weight is 275 g/mol. The quantitative estimate of drug-likeness (QED) is 0.379. The molecule has 0 saturated carbocycles. The monoisotopic (exact) mass is 274 g/mol. The van der Waals surface area contributed by atoms with Crippen LogP contribution in [0, 0.1) is 0 Å². The molecule has 0 aromatic rings. The Balaban J connectivity index is 5.38. The Hall–Kier alpha value is 0.0569. The van der Waals surface area contributed by atoms with Crippen molar-refractivity contribution in [1.82, 2.24) is 20.9 Å². The second kappa shape index (κ2) is 7.00. The molecule has 0 aliphatic carbocycles. The van der Waals surface area contributed by atoms with Crippen LogP contribution < -0.4 is 20.9 Å². The second-order valence-electron chi connectivity index (χ2n) is 6.52. The molecule has 0 heterocycles. The van der Waals surface area contributed by atoms with Gasteiger partial charge >= 0.3 is 0 Å². The highest BCUT2D eigenvalue weighted by Gasteiger charge is 2.44. The maximum absolute atomic E-state index is 3.68. The summed E-state index contributed by atoms with van der Waals surface area (Å²) in [5.74, 6) is -0.314. The van der Waals surface area contributed by atoms with E-state index in [4.69, 9.17) is 0 Å². The van der Waals surface area contributed by atoms with Crippen molar-refractivity contribution < 1.29 is 0 Å². The van der Waals surface area contributed by atoms with Crippen LogP contribution in [-0.2, 0) is 0 Å². The van der Waals surface area contributed by atoms with E-state index in [1.54, 1.807) is 0 Å². The highest BCUT2D eigenvalue weighted by molar-refractivity contribution is 6.05. The van der Waals surface area contributed by atoms with Gasteiger partial charge in [0, 0.05) is 18.1 Å². The van der Waals surface area contributed by atoms with Gasteiger partial charge in [-0.05, 0) is 55.4 Å². The fourth-order valence-corrected chi connectivity index (χ4v) is 2.53. The molecule has 0 amide bonds. The summed E-state index contributed by atoms with van der Waals surface area (Å²) in [5.41, 5.74) is -0.0714. The Labute approximate surface area is 117 Å². The predicted octanol–water partition coefficient (Wildman–Crippen LogP) is 0.283. The van der Waals surface area contributed by atoms with Crippen molar-refractivity contribution >= 4 is 10.4 Å². The summed E-state index contributed by atoms with van der Waals surface area (Å²) in [7, 11) is 0.959. The minimum atomic E-state index is -0.314. The molecular weight excluding hydrogens is 240 g/mol. The van der Waals surface area contributed by atoms with Crippen LogP contribution in [0.15, 0.2) is 0 Å². The lowest BCUT2D eigenvalue weighted by atomic mass is 9.93. The van der Waals surface area contributed by atoms with Crippen LogP contribution >= 0.6 is 0 Å². The third kappa shape index (κ3) is 4.97. The van der Waals surface area contributed by atoms with Crippen LogP contribution in [-0.4, -0.2) is 39.9 Å². The van der Waals surface area contributed by atoms with E-state index in [0.717, 1.165) is 10.4 Å². The Morgan fingerprint density at radius 2 is 1.00 bits per heavy atom.